The third-order valence-corrected chi connectivity index (χ3v) is 4.10. The van der Waals surface area contributed by atoms with Gasteiger partial charge in [0.1, 0.15) is 5.75 Å². The monoisotopic (exact) mass is 311 g/mol. The molecule has 1 aliphatic heterocycles. The van der Waals surface area contributed by atoms with Crippen LogP contribution in [-0.4, -0.2) is 38.2 Å². The molecule has 2 amide bonds. The maximum Gasteiger partial charge on any atom is 0.322 e. The van der Waals surface area contributed by atoms with Crippen molar-refractivity contribution in [3.8, 4) is 5.75 Å². The highest BCUT2D eigenvalue weighted by Gasteiger charge is 2.21. The number of hydrogen-bond acceptors (Lipinski definition) is 3. The molecule has 5 nitrogen and oxygen atoms in total. The van der Waals surface area contributed by atoms with Gasteiger partial charge in [-0.2, -0.15) is 0 Å². The van der Waals surface area contributed by atoms with Gasteiger partial charge in [-0.15, -0.1) is 0 Å². The van der Waals surface area contributed by atoms with Crippen LogP contribution in [0.15, 0.2) is 48.5 Å². The van der Waals surface area contributed by atoms with E-state index in [-0.39, 0.29) is 6.03 Å². The van der Waals surface area contributed by atoms with Gasteiger partial charge in [-0.1, -0.05) is 18.2 Å². The van der Waals surface area contributed by atoms with Gasteiger partial charge in [0.2, 0.25) is 0 Å². The van der Waals surface area contributed by atoms with E-state index in [9.17, 15) is 4.79 Å². The summed E-state index contributed by atoms with van der Waals surface area (Å²) < 4.78 is 5.13. The number of nitrogens with one attached hydrogen (secondary N) is 1. The normalized spacial score (nSPS) is 14.0. The van der Waals surface area contributed by atoms with Crippen molar-refractivity contribution in [3.63, 3.8) is 0 Å². The SMILES string of the molecule is COc1ccc(NC(=O)N2CCN(C)c3ccccc3C2)cc1. The Balaban J connectivity index is 1.72. The highest BCUT2D eigenvalue weighted by Crippen LogP contribution is 2.24. The number of urea groups is 1. The number of benzene rings is 2. The Hall–Kier alpha value is -2.69. The molecule has 1 heterocycles. The van der Waals surface area contributed by atoms with Crippen LogP contribution in [-0.2, 0) is 6.54 Å². The van der Waals surface area contributed by atoms with E-state index >= 15 is 0 Å². The van der Waals surface area contributed by atoms with Crippen molar-refractivity contribution in [2.24, 2.45) is 0 Å². The Morgan fingerprint density at radius 1 is 1.09 bits per heavy atom. The Morgan fingerprint density at radius 2 is 1.83 bits per heavy atom. The summed E-state index contributed by atoms with van der Waals surface area (Å²) in [5.74, 6) is 0.772. The van der Waals surface area contributed by atoms with E-state index < -0.39 is 0 Å². The number of methoxy groups -OCH3 is 1. The number of carbonyl (C=O) groups is 1. The number of fused-ring (bicyclic) bond motifs is 1. The minimum Gasteiger partial charge on any atom is -0.497 e. The molecular formula is C18H21N3O2. The van der Waals surface area contributed by atoms with E-state index in [0.717, 1.165) is 23.5 Å². The fourth-order valence-corrected chi connectivity index (χ4v) is 2.74. The number of ether oxygens (including phenoxy) is 1. The Morgan fingerprint density at radius 3 is 2.57 bits per heavy atom. The number of amides is 2. The zero-order valence-electron chi connectivity index (χ0n) is 13.5. The van der Waals surface area contributed by atoms with Gasteiger partial charge in [-0.05, 0) is 35.9 Å². The van der Waals surface area contributed by atoms with Gasteiger partial charge in [0.15, 0.2) is 0 Å². The molecule has 0 bridgehead atoms. The second-order valence-corrected chi connectivity index (χ2v) is 5.63. The summed E-state index contributed by atoms with van der Waals surface area (Å²) in [5.41, 5.74) is 3.12. The fraction of sp³-hybridized carbons (Fsp3) is 0.278. The number of rotatable bonds is 2. The molecule has 2 aromatic rings. The summed E-state index contributed by atoms with van der Waals surface area (Å²) >= 11 is 0. The van der Waals surface area contributed by atoms with Crippen LogP contribution in [0, 0.1) is 0 Å². The second-order valence-electron chi connectivity index (χ2n) is 5.63. The van der Waals surface area contributed by atoms with Crippen LogP contribution in [0.25, 0.3) is 0 Å². The number of carbonyl (C=O) groups excluding carboxylic acids is 1. The molecule has 0 saturated heterocycles. The molecule has 1 aliphatic rings. The van der Waals surface area contributed by atoms with E-state index in [1.165, 1.54) is 5.69 Å². The lowest BCUT2D eigenvalue weighted by Crippen LogP contribution is -2.37. The molecule has 0 aliphatic carbocycles. The van der Waals surface area contributed by atoms with Crippen LogP contribution < -0.4 is 15.0 Å². The lowest BCUT2D eigenvalue weighted by Gasteiger charge is -2.21. The molecule has 0 aromatic heterocycles. The molecule has 0 unspecified atom stereocenters. The van der Waals surface area contributed by atoms with E-state index in [1.54, 1.807) is 7.11 Å². The number of para-hydroxylation sites is 1. The van der Waals surface area contributed by atoms with Gasteiger partial charge in [-0.3, -0.25) is 0 Å². The van der Waals surface area contributed by atoms with E-state index in [2.05, 4.69) is 29.4 Å². The van der Waals surface area contributed by atoms with Crippen molar-refractivity contribution in [1.29, 1.82) is 0 Å². The zero-order chi connectivity index (χ0) is 16.2. The molecule has 0 saturated carbocycles. The topological polar surface area (TPSA) is 44.8 Å². The van der Waals surface area contributed by atoms with E-state index in [0.29, 0.717) is 13.1 Å². The average molecular weight is 311 g/mol. The van der Waals surface area contributed by atoms with Crippen LogP contribution in [0.4, 0.5) is 16.2 Å². The highest BCUT2D eigenvalue weighted by molar-refractivity contribution is 5.89. The fourth-order valence-electron chi connectivity index (χ4n) is 2.74. The molecule has 5 heteroatoms. The molecule has 0 spiro atoms. The van der Waals surface area contributed by atoms with Crippen LogP contribution >= 0.6 is 0 Å². The Labute approximate surface area is 136 Å². The minimum atomic E-state index is -0.0831. The number of nitrogens with zero attached hydrogens (tertiary/aromatic N) is 2. The third kappa shape index (κ3) is 3.39. The molecule has 120 valence electrons. The first-order valence-electron chi connectivity index (χ1n) is 7.66. The largest absolute Gasteiger partial charge is 0.497 e. The van der Waals surface area contributed by atoms with Crippen molar-refractivity contribution < 1.29 is 9.53 Å². The first-order chi connectivity index (χ1) is 11.2. The summed E-state index contributed by atoms with van der Waals surface area (Å²) in [5, 5.41) is 2.95. The van der Waals surface area contributed by atoms with Crippen LogP contribution in [0.1, 0.15) is 5.56 Å². The third-order valence-electron chi connectivity index (χ3n) is 4.10. The first kappa shape index (κ1) is 15.2. The molecule has 0 radical (unpaired) electrons. The van der Waals surface area contributed by atoms with Crippen molar-refractivity contribution in [2.75, 3.05) is 37.5 Å². The van der Waals surface area contributed by atoms with Gasteiger partial charge in [0.25, 0.3) is 0 Å². The van der Waals surface area contributed by atoms with Crippen molar-refractivity contribution >= 4 is 17.4 Å². The summed E-state index contributed by atoms with van der Waals surface area (Å²) in [7, 11) is 3.68. The van der Waals surface area contributed by atoms with E-state index in [1.807, 2.05) is 41.3 Å². The average Bonchev–Trinajstić information content (AvgIpc) is 2.75. The van der Waals surface area contributed by atoms with Crippen molar-refractivity contribution in [2.45, 2.75) is 6.54 Å². The summed E-state index contributed by atoms with van der Waals surface area (Å²) in [6.07, 6.45) is 0. The predicted molar refractivity (Wildman–Crippen MR) is 92.1 cm³/mol. The Kier molecular flexibility index (Phi) is 4.37. The molecule has 3 rings (SSSR count). The lowest BCUT2D eigenvalue weighted by molar-refractivity contribution is 0.212. The quantitative estimate of drug-likeness (QED) is 0.926. The van der Waals surface area contributed by atoms with Gasteiger partial charge in [0.05, 0.1) is 7.11 Å². The van der Waals surface area contributed by atoms with Crippen LogP contribution in [0.5, 0.6) is 5.75 Å². The maximum absolute atomic E-state index is 12.6. The van der Waals surface area contributed by atoms with Gasteiger partial charge < -0.3 is 19.9 Å². The van der Waals surface area contributed by atoms with Crippen LogP contribution in [0.2, 0.25) is 0 Å². The molecular weight excluding hydrogens is 290 g/mol. The maximum atomic E-state index is 12.6. The minimum absolute atomic E-state index is 0.0831. The van der Waals surface area contributed by atoms with Gasteiger partial charge in [0, 0.05) is 38.1 Å². The smallest absolute Gasteiger partial charge is 0.322 e. The standard InChI is InChI=1S/C18H21N3O2/c1-20-11-12-21(13-14-5-3-4-6-17(14)20)18(22)19-15-7-9-16(23-2)10-8-15/h3-10H,11-13H2,1-2H3,(H,19,22). The predicted octanol–water partition coefficient (Wildman–Crippen LogP) is 3.18. The highest BCUT2D eigenvalue weighted by atomic mass is 16.5. The molecule has 2 aromatic carbocycles. The molecule has 0 atom stereocenters. The number of anilines is 2. The van der Waals surface area contributed by atoms with Crippen LogP contribution in [0.3, 0.4) is 0 Å². The molecule has 1 N–H and O–H groups in total. The molecule has 0 fully saturated rings. The second kappa shape index (κ2) is 6.60. The summed E-state index contributed by atoms with van der Waals surface area (Å²) in [6.45, 7) is 2.11. The molecule has 23 heavy (non-hydrogen) atoms. The summed E-state index contributed by atoms with van der Waals surface area (Å²) in [4.78, 5) is 16.6. The van der Waals surface area contributed by atoms with Gasteiger partial charge in [-0.25, -0.2) is 4.79 Å². The van der Waals surface area contributed by atoms with Crippen molar-refractivity contribution in [3.05, 3.63) is 54.1 Å². The first-order valence-corrected chi connectivity index (χ1v) is 7.66. The number of hydrogen-bond donors (Lipinski definition) is 1. The summed E-state index contributed by atoms with van der Waals surface area (Å²) in [6, 6.07) is 15.5. The van der Waals surface area contributed by atoms with E-state index in [4.69, 9.17) is 4.74 Å². The van der Waals surface area contributed by atoms with Gasteiger partial charge >= 0.3 is 6.03 Å². The Bertz CT molecular complexity index is 685. The lowest BCUT2D eigenvalue weighted by atomic mass is 10.1. The zero-order valence-corrected chi connectivity index (χ0v) is 13.5. The van der Waals surface area contributed by atoms with Crippen molar-refractivity contribution in [1.82, 2.24) is 4.90 Å². The number of likely N-dealkylation sites (N-methyl/N-ethyl adjacent to an activating group) is 1.